The van der Waals surface area contributed by atoms with Crippen LogP contribution in [0.5, 0.6) is 0 Å². The number of piperazine rings is 1. The maximum atomic E-state index is 12.4. The van der Waals surface area contributed by atoms with E-state index in [2.05, 4.69) is 11.5 Å². The summed E-state index contributed by atoms with van der Waals surface area (Å²) in [5, 5.41) is 2.58. The summed E-state index contributed by atoms with van der Waals surface area (Å²) in [4.78, 5) is 29.9. The molecule has 2 saturated heterocycles. The van der Waals surface area contributed by atoms with Crippen LogP contribution >= 0.6 is 23.7 Å². The highest BCUT2D eigenvalue weighted by Crippen LogP contribution is 2.30. The highest BCUT2D eigenvalue weighted by molar-refractivity contribution is 7.14. The van der Waals surface area contributed by atoms with Gasteiger partial charge in [0.05, 0.1) is 0 Å². The number of carbonyl (C=O) groups excluding carboxylic acids is 2. The fourth-order valence-electron chi connectivity index (χ4n) is 2.60. The Balaban J connectivity index is 0.00000147. The highest BCUT2D eigenvalue weighted by Gasteiger charge is 2.48. The van der Waals surface area contributed by atoms with E-state index in [0.29, 0.717) is 18.1 Å². The Morgan fingerprint density at radius 3 is 2.85 bits per heavy atom. The molecule has 5 nitrogen and oxygen atoms in total. The zero-order valence-electron chi connectivity index (χ0n) is 10.9. The first-order chi connectivity index (χ1) is 9.22. The lowest BCUT2D eigenvalue weighted by Gasteiger charge is -2.34. The van der Waals surface area contributed by atoms with Crippen LogP contribution < -0.4 is 4.90 Å². The second kappa shape index (κ2) is 5.95. The topological polar surface area (TPSA) is 43.9 Å². The van der Waals surface area contributed by atoms with Crippen LogP contribution in [0.15, 0.2) is 30.2 Å². The summed E-state index contributed by atoms with van der Waals surface area (Å²) < 4.78 is 0. The minimum absolute atomic E-state index is 0. The summed E-state index contributed by atoms with van der Waals surface area (Å²) in [5.41, 5.74) is 0. The largest absolute Gasteiger partial charge is 0.332 e. The molecule has 7 heteroatoms. The van der Waals surface area contributed by atoms with Crippen LogP contribution in [0.1, 0.15) is 0 Å². The average molecular weight is 314 g/mol. The van der Waals surface area contributed by atoms with Crippen LogP contribution in [0.25, 0.3) is 0 Å². The fraction of sp³-hybridized carbons (Fsp3) is 0.385. The first-order valence-electron chi connectivity index (χ1n) is 6.23. The molecule has 1 aromatic rings. The predicted molar refractivity (Wildman–Crippen MR) is 81.6 cm³/mol. The molecule has 0 spiro atoms. The Kier molecular flexibility index (Phi) is 4.47. The second-order valence-electron chi connectivity index (χ2n) is 4.66. The molecule has 2 aliphatic heterocycles. The normalized spacial score (nSPS) is 22.7. The molecule has 0 saturated carbocycles. The van der Waals surface area contributed by atoms with Crippen LogP contribution in [-0.4, -0.2) is 54.0 Å². The van der Waals surface area contributed by atoms with E-state index >= 15 is 0 Å². The van der Waals surface area contributed by atoms with Gasteiger partial charge in [-0.05, 0) is 17.5 Å². The number of rotatable bonds is 3. The van der Waals surface area contributed by atoms with Crippen molar-refractivity contribution in [1.82, 2.24) is 9.80 Å². The molecule has 20 heavy (non-hydrogen) atoms. The number of anilines is 1. The van der Waals surface area contributed by atoms with Crippen LogP contribution in [0, 0.1) is 0 Å². The fourth-order valence-corrected chi connectivity index (χ4v) is 3.33. The minimum Gasteiger partial charge on any atom is -0.309 e. The molecule has 0 radical (unpaired) electrons. The molecule has 0 N–H and O–H groups in total. The molecule has 0 aliphatic carbocycles. The van der Waals surface area contributed by atoms with Crippen molar-refractivity contribution in [1.29, 1.82) is 0 Å². The number of nitrogens with zero attached hydrogens (tertiary/aromatic N) is 3. The van der Waals surface area contributed by atoms with Crippen molar-refractivity contribution >= 4 is 40.7 Å². The Hall–Kier alpha value is -1.37. The third-order valence-electron chi connectivity index (χ3n) is 3.52. The van der Waals surface area contributed by atoms with E-state index in [1.165, 1.54) is 16.2 Å². The number of imide groups is 1. The van der Waals surface area contributed by atoms with Crippen molar-refractivity contribution in [3.63, 3.8) is 0 Å². The maximum absolute atomic E-state index is 12.4. The van der Waals surface area contributed by atoms with Gasteiger partial charge in [0.25, 0.3) is 5.91 Å². The monoisotopic (exact) mass is 313 g/mol. The Bertz CT molecular complexity index is 520. The Morgan fingerprint density at radius 2 is 2.20 bits per heavy atom. The number of hydrogen-bond acceptors (Lipinski definition) is 4. The van der Waals surface area contributed by atoms with E-state index in [-0.39, 0.29) is 30.4 Å². The molecule has 0 aromatic carbocycles. The smallest absolute Gasteiger partial charge is 0.309 e. The molecule has 3 rings (SSSR count). The van der Waals surface area contributed by atoms with Gasteiger partial charge in [-0.3, -0.25) is 9.69 Å². The molecule has 1 unspecified atom stereocenters. The zero-order chi connectivity index (χ0) is 13.4. The SMILES string of the molecule is C=CCN1CCN2C(=O)N(c3cccs3)C(=O)C2C1.Cl. The van der Waals surface area contributed by atoms with E-state index in [9.17, 15) is 9.59 Å². The third-order valence-corrected chi connectivity index (χ3v) is 4.37. The van der Waals surface area contributed by atoms with Gasteiger partial charge in [-0.2, -0.15) is 0 Å². The number of urea groups is 1. The highest BCUT2D eigenvalue weighted by atomic mass is 35.5. The summed E-state index contributed by atoms with van der Waals surface area (Å²) in [6.45, 7) is 6.46. The number of fused-ring (bicyclic) bond motifs is 1. The standard InChI is InChI=1S/C13H15N3O2S.ClH/c1-2-5-14-6-7-15-10(9-14)12(17)16(13(15)18)11-4-3-8-19-11;/h2-4,8,10H,1,5-7,9H2;1H. The summed E-state index contributed by atoms with van der Waals surface area (Å²) in [6, 6.07) is 3.13. The first kappa shape index (κ1) is 15.0. The summed E-state index contributed by atoms with van der Waals surface area (Å²) in [6.07, 6.45) is 1.83. The Morgan fingerprint density at radius 1 is 1.40 bits per heavy atom. The van der Waals surface area contributed by atoms with Gasteiger partial charge in [-0.1, -0.05) is 6.08 Å². The molecule has 1 atom stereocenters. The summed E-state index contributed by atoms with van der Waals surface area (Å²) >= 11 is 1.41. The van der Waals surface area contributed by atoms with Gasteiger partial charge >= 0.3 is 6.03 Å². The van der Waals surface area contributed by atoms with Crippen molar-refractivity contribution in [2.45, 2.75) is 6.04 Å². The van der Waals surface area contributed by atoms with Crippen LogP contribution in [0.2, 0.25) is 0 Å². The van der Waals surface area contributed by atoms with E-state index < -0.39 is 0 Å². The van der Waals surface area contributed by atoms with E-state index in [4.69, 9.17) is 0 Å². The molecule has 2 aliphatic rings. The number of thiophene rings is 1. The second-order valence-corrected chi connectivity index (χ2v) is 5.59. The summed E-state index contributed by atoms with van der Waals surface area (Å²) in [7, 11) is 0. The lowest BCUT2D eigenvalue weighted by Crippen LogP contribution is -2.52. The van der Waals surface area contributed by atoms with Gasteiger partial charge in [0.2, 0.25) is 0 Å². The van der Waals surface area contributed by atoms with Crippen molar-refractivity contribution < 1.29 is 9.59 Å². The number of amides is 3. The van der Waals surface area contributed by atoms with Crippen molar-refractivity contribution in [2.75, 3.05) is 31.1 Å². The van der Waals surface area contributed by atoms with Crippen molar-refractivity contribution in [3.8, 4) is 0 Å². The van der Waals surface area contributed by atoms with E-state index in [0.717, 1.165) is 13.1 Å². The van der Waals surface area contributed by atoms with Crippen molar-refractivity contribution in [2.24, 2.45) is 0 Å². The Labute approximate surface area is 127 Å². The van der Waals surface area contributed by atoms with E-state index in [1.54, 1.807) is 11.0 Å². The van der Waals surface area contributed by atoms with Crippen LogP contribution in [0.4, 0.5) is 9.80 Å². The van der Waals surface area contributed by atoms with Gasteiger partial charge in [-0.15, -0.1) is 30.3 Å². The third kappa shape index (κ3) is 2.34. The van der Waals surface area contributed by atoms with Crippen LogP contribution in [-0.2, 0) is 4.79 Å². The lowest BCUT2D eigenvalue weighted by atomic mass is 10.2. The van der Waals surface area contributed by atoms with Gasteiger partial charge in [0.15, 0.2) is 0 Å². The summed E-state index contributed by atoms with van der Waals surface area (Å²) in [5.74, 6) is -0.110. The molecule has 2 fully saturated rings. The van der Waals surface area contributed by atoms with Gasteiger partial charge in [0, 0.05) is 26.2 Å². The predicted octanol–water partition coefficient (Wildman–Crippen LogP) is 1.81. The molecular formula is C13H16ClN3O2S. The zero-order valence-corrected chi connectivity index (χ0v) is 12.5. The van der Waals surface area contributed by atoms with Crippen molar-refractivity contribution in [3.05, 3.63) is 30.2 Å². The minimum atomic E-state index is -0.344. The van der Waals surface area contributed by atoms with E-state index in [1.807, 2.05) is 17.5 Å². The van der Waals surface area contributed by atoms with Gasteiger partial charge < -0.3 is 4.90 Å². The van der Waals surface area contributed by atoms with Crippen LogP contribution in [0.3, 0.4) is 0 Å². The molecule has 3 amide bonds. The molecule has 0 bridgehead atoms. The number of halogens is 1. The first-order valence-corrected chi connectivity index (χ1v) is 7.11. The number of carbonyl (C=O) groups is 2. The average Bonchev–Trinajstić information content (AvgIpc) is 2.99. The quantitative estimate of drug-likeness (QED) is 0.631. The van der Waals surface area contributed by atoms with Gasteiger partial charge in [0.1, 0.15) is 11.0 Å². The molecule has 108 valence electrons. The maximum Gasteiger partial charge on any atom is 0.332 e. The molecule has 3 heterocycles. The lowest BCUT2D eigenvalue weighted by molar-refractivity contribution is -0.121. The molecular weight excluding hydrogens is 298 g/mol. The molecule has 1 aromatic heterocycles. The number of hydrogen-bond donors (Lipinski definition) is 0. The van der Waals surface area contributed by atoms with Gasteiger partial charge in [-0.25, -0.2) is 9.69 Å².